The summed E-state index contributed by atoms with van der Waals surface area (Å²) >= 11 is 12.4. The van der Waals surface area contributed by atoms with Gasteiger partial charge < -0.3 is 15.5 Å². The van der Waals surface area contributed by atoms with E-state index in [9.17, 15) is 4.79 Å². The van der Waals surface area contributed by atoms with Gasteiger partial charge >= 0.3 is 0 Å². The summed E-state index contributed by atoms with van der Waals surface area (Å²) in [5, 5.41) is 7.83. The minimum atomic E-state index is -0.00906. The Kier molecular flexibility index (Phi) is 7.95. The van der Waals surface area contributed by atoms with E-state index in [-0.39, 0.29) is 5.91 Å². The molecule has 0 atom stereocenters. The molecule has 0 saturated carbocycles. The summed E-state index contributed by atoms with van der Waals surface area (Å²) in [6.07, 6.45) is 0.695. The summed E-state index contributed by atoms with van der Waals surface area (Å²) in [6.45, 7) is 1.25. The quantitative estimate of drug-likeness (QED) is 0.568. The average molecular weight is 407 g/mol. The second-order valence-corrected chi connectivity index (χ2v) is 7.01. The number of nitrogens with zero attached hydrogens (tertiary/aromatic N) is 2. The van der Waals surface area contributed by atoms with Gasteiger partial charge in [-0.3, -0.25) is 9.79 Å². The monoisotopic (exact) mass is 406 g/mol. The van der Waals surface area contributed by atoms with Crippen LogP contribution in [-0.2, 0) is 13.0 Å². The number of benzene rings is 2. The average Bonchev–Trinajstić information content (AvgIpc) is 2.66. The molecule has 0 aliphatic rings. The molecule has 2 aromatic rings. The third-order valence-corrected chi connectivity index (χ3v) is 4.73. The minimum absolute atomic E-state index is 0.00906. The summed E-state index contributed by atoms with van der Waals surface area (Å²) in [7, 11) is 5.20. The summed E-state index contributed by atoms with van der Waals surface area (Å²) in [5.74, 6) is 0.678. The highest BCUT2D eigenvalue weighted by atomic mass is 35.5. The number of carbonyl (C=O) groups excluding carboxylic acids is 1. The molecule has 7 heteroatoms. The summed E-state index contributed by atoms with van der Waals surface area (Å²) in [5.41, 5.74) is 2.65. The molecule has 27 heavy (non-hydrogen) atoms. The van der Waals surface area contributed by atoms with Gasteiger partial charge in [0.05, 0.1) is 0 Å². The molecular weight excluding hydrogens is 383 g/mol. The second kappa shape index (κ2) is 10.2. The Morgan fingerprint density at radius 2 is 1.67 bits per heavy atom. The van der Waals surface area contributed by atoms with Gasteiger partial charge in [0.25, 0.3) is 5.91 Å². The third kappa shape index (κ3) is 6.15. The predicted molar refractivity (Wildman–Crippen MR) is 113 cm³/mol. The van der Waals surface area contributed by atoms with E-state index in [1.54, 1.807) is 26.0 Å². The lowest BCUT2D eigenvalue weighted by Gasteiger charge is -2.14. The zero-order valence-electron chi connectivity index (χ0n) is 15.7. The van der Waals surface area contributed by atoms with E-state index in [0.717, 1.165) is 11.1 Å². The zero-order valence-corrected chi connectivity index (χ0v) is 17.2. The molecule has 0 fully saturated rings. The fourth-order valence-electron chi connectivity index (χ4n) is 2.51. The number of guanidine groups is 1. The smallest absolute Gasteiger partial charge is 0.253 e. The lowest BCUT2D eigenvalue weighted by Crippen LogP contribution is -2.37. The van der Waals surface area contributed by atoms with Gasteiger partial charge in [0, 0.05) is 49.8 Å². The molecule has 2 rings (SSSR count). The molecule has 0 radical (unpaired) electrons. The maximum absolute atomic E-state index is 11.9. The van der Waals surface area contributed by atoms with Crippen molar-refractivity contribution in [1.29, 1.82) is 0 Å². The van der Waals surface area contributed by atoms with E-state index in [2.05, 4.69) is 15.6 Å². The Morgan fingerprint density at radius 1 is 1.04 bits per heavy atom. The Hall–Kier alpha value is -2.24. The van der Waals surface area contributed by atoms with Crippen molar-refractivity contribution < 1.29 is 4.79 Å². The molecule has 0 aromatic heterocycles. The van der Waals surface area contributed by atoms with Crippen LogP contribution in [0.3, 0.4) is 0 Å². The van der Waals surface area contributed by atoms with Gasteiger partial charge in [-0.05, 0) is 41.8 Å². The van der Waals surface area contributed by atoms with Crippen molar-refractivity contribution in [2.24, 2.45) is 4.99 Å². The number of rotatable bonds is 6. The third-order valence-electron chi connectivity index (χ3n) is 4.02. The number of hydrogen-bond donors (Lipinski definition) is 2. The van der Waals surface area contributed by atoms with Crippen LogP contribution in [0.2, 0.25) is 10.0 Å². The molecule has 0 aliphatic carbocycles. The molecule has 2 aromatic carbocycles. The molecule has 5 nitrogen and oxygen atoms in total. The van der Waals surface area contributed by atoms with E-state index >= 15 is 0 Å². The van der Waals surface area contributed by atoms with Crippen molar-refractivity contribution in [2.45, 2.75) is 13.0 Å². The van der Waals surface area contributed by atoms with Crippen molar-refractivity contribution in [3.63, 3.8) is 0 Å². The van der Waals surface area contributed by atoms with Crippen molar-refractivity contribution in [3.8, 4) is 0 Å². The number of amides is 1. The first-order valence-corrected chi connectivity index (χ1v) is 9.36. The topological polar surface area (TPSA) is 56.7 Å². The van der Waals surface area contributed by atoms with Gasteiger partial charge in [-0.2, -0.15) is 0 Å². The first-order valence-electron chi connectivity index (χ1n) is 8.60. The fraction of sp³-hybridized carbons (Fsp3) is 0.300. The Balaban J connectivity index is 1.84. The van der Waals surface area contributed by atoms with Gasteiger partial charge in [-0.15, -0.1) is 0 Å². The normalized spacial score (nSPS) is 11.2. The predicted octanol–water partition coefficient (Wildman–Crippen LogP) is 3.60. The molecule has 0 aliphatic heterocycles. The largest absolute Gasteiger partial charge is 0.356 e. The Bertz CT molecular complexity index is 784. The number of nitrogens with one attached hydrogen (secondary N) is 2. The van der Waals surface area contributed by atoms with E-state index in [0.29, 0.717) is 41.1 Å². The van der Waals surface area contributed by atoms with Crippen LogP contribution in [0.1, 0.15) is 21.5 Å². The lowest BCUT2D eigenvalue weighted by molar-refractivity contribution is 0.0827. The van der Waals surface area contributed by atoms with Crippen LogP contribution in [0.4, 0.5) is 0 Å². The highest BCUT2D eigenvalue weighted by molar-refractivity contribution is 6.36. The van der Waals surface area contributed by atoms with Crippen LogP contribution >= 0.6 is 23.2 Å². The summed E-state index contributed by atoms with van der Waals surface area (Å²) in [4.78, 5) is 17.7. The number of carbonyl (C=O) groups is 1. The minimum Gasteiger partial charge on any atom is -0.356 e. The van der Waals surface area contributed by atoms with E-state index in [1.165, 1.54) is 0 Å². The van der Waals surface area contributed by atoms with Crippen LogP contribution in [-0.4, -0.2) is 44.5 Å². The van der Waals surface area contributed by atoms with Crippen LogP contribution in [0.5, 0.6) is 0 Å². The molecule has 0 heterocycles. The van der Waals surface area contributed by atoms with Crippen molar-refractivity contribution >= 4 is 35.1 Å². The van der Waals surface area contributed by atoms with Crippen LogP contribution in [0.25, 0.3) is 0 Å². The number of halogens is 2. The fourth-order valence-corrected chi connectivity index (χ4v) is 3.09. The molecule has 1 amide bonds. The maximum atomic E-state index is 11.9. The number of aliphatic imine (C=N–C) groups is 1. The highest BCUT2D eigenvalue weighted by Gasteiger charge is 2.08. The van der Waals surface area contributed by atoms with Crippen LogP contribution in [0.15, 0.2) is 47.5 Å². The standard InChI is InChI=1S/C20H24Cl2N4O/c1-23-20(24-12-11-16-17(21)5-4-6-18(16)22)25-13-14-7-9-15(10-8-14)19(27)26(2)3/h4-10H,11-13H2,1-3H3,(H2,23,24,25). The van der Waals surface area contributed by atoms with E-state index < -0.39 is 0 Å². The van der Waals surface area contributed by atoms with Gasteiger partial charge in [-0.25, -0.2) is 0 Å². The van der Waals surface area contributed by atoms with Gasteiger partial charge in [-0.1, -0.05) is 41.4 Å². The molecule has 0 unspecified atom stereocenters. The molecule has 144 valence electrons. The van der Waals surface area contributed by atoms with Crippen molar-refractivity contribution in [3.05, 3.63) is 69.2 Å². The lowest BCUT2D eigenvalue weighted by atomic mass is 10.1. The van der Waals surface area contributed by atoms with Gasteiger partial charge in [0.15, 0.2) is 5.96 Å². The summed E-state index contributed by atoms with van der Waals surface area (Å²) < 4.78 is 0. The van der Waals surface area contributed by atoms with Gasteiger partial charge in [0.1, 0.15) is 0 Å². The number of hydrogen-bond acceptors (Lipinski definition) is 2. The van der Waals surface area contributed by atoms with E-state index in [4.69, 9.17) is 23.2 Å². The molecule has 2 N–H and O–H groups in total. The molecule has 0 bridgehead atoms. The Morgan fingerprint density at radius 3 is 2.22 bits per heavy atom. The van der Waals surface area contributed by atoms with Crippen LogP contribution in [0, 0.1) is 0 Å². The van der Waals surface area contributed by atoms with Crippen molar-refractivity contribution in [2.75, 3.05) is 27.7 Å². The van der Waals surface area contributed by atoms with Crippen molar-refractivity contribution in [1.82, 2.24) is 15.5 Å². The summed E-state index contributed by atoms with van der Waals surface area (Å²) in [6, 6.07) is 13.0. The second-order valence-electron chi connectivity index (χ2n) is 6.20. The van der Waals surface area contributed by atoms with Gasteiger partial charge in [0.2, 0.25) is 0 Å². The molecule has 0 spiro atoms. The zero-order chi connectivity index (χ0) is 19.8. The first kappa shape index (κ1) is 21.1. The molecular formula is C20H24Cl2N4O. The maximum Gasteiger partial charge on any atom is 0.253 e. The van der Waals surface area contributed by atoms with E-state index in [1.807, 2.05) is 42.5 Å². The molecule has 0 saturated heterocycles. The Labute approximate surface area is 170 Å². The highest BCUT2D eigenvalue weighted by Crippen LogP contribution is 2.24. The first-order chi connectivity index (χ1) is 12.9. The SMILES string of the molecule is CN=C(NCCc1c(Cl)cccc1Cl)NCc1ccc(C(=O)N(C)C)cc1. The van der Waals surface area contributed by atoms with Crippen LogP contribution < -0.4 is 10.6 Å².